The molecule has 0 saturated carbocycles. The Bertz CT molecular complexity index is 753. The predicted octanol–water partition coefficient (Wildman–Crippen LogP) is 4.80. The van der Waals surface area contributed by atoms with Crippen LogP contribution in [-0.4, -0.2) is 19.3 Å². The first kappa shape index (κ1) is 16.2. The van der Waals surface area contributed by atoms with E-state index in [9.17, 15) is 0 Å². The molecule has 23 heavy (non-hydrogen) atoms. The molecular formula is C19H19IN2O. The zero-order chi connectivity index (χ0) is 16.1. The lowest BCUT2D eigenvalue weighted by atomic mass is 10.0. The van der Waals surface area contributed by atoms with Gasteiger partial charge in [0.15, 0.2) is 0 Å². The molecule has 1 aliphatic carbocycles. The van der Waals surface area contributed by atoms with Crippen LogP contribution in [0.25, 0.3) is 17.2 Å². The molecule has 1 N–H and O–H groups in total. The lowest BCUT2D eigenvalue weighted by molar-refractivity contribution is 0.465. The minimum Gasteiger partial charge on any atom is -0.327 e. The van der Waals surface area contributed by atoms with Gasteiger partial charge < -0.3 is 8.48 Å². The highest BCUT2D eigenvalue weighted by molar-refractivity contribution is 14.1. The molecule has 0 atom stereocenters. The molecule has 3 rings (SSSR count). The Hall–Kier alpha value is -1.66. The van der Waals surface area contributed by atoms with Crippen molar-refractivity contribution in [2.75, 3.05) is 13.6 Å². The summed E-state index contributed by atoms with van der Waals surface area (Å²) in [4.78, 5) is 0. The summed E-state index contributed by atoms with van der Waals surface area (Å²) >= 11 is 1.81. The number of benzene rings is 2. The molecule has 0 saturated heterocycles. The average molecular weight is 418 g/mol. The number of rotatable bonds is 6. The molecule has 0 heterocycles. The van der Waals surface area contributed by atoms with E-state index in [0.29, 0.717) is 0 Å². The predicted molar refractivity (Wildman–Crippen MR) is 105 cm³/mol. The van der Waals surface area contributed by atoms with E-state index in [1.165, 1.54) is 16.7 Å². The molecule has 2 aromatic carbocycles. The Balaban J connectivity index is 1.90. The summed E-state index contributed by atoms with van der Waals surface area (Å²) in [5.41, 5.74) is 6.83. The van der Waals surface area contributed by atoms with E-state index in [2.05, 4.69) is 59.0 Å². The molecule has 1 aliphatic rings. The molecule has 118 valence electrons. The number of halogens is 1. The van der Waals surface area contributed by atoms with E-state index in [4.69, 9.17) is 3.17 Å². The maximum Gasteiger partial charge on any atom is 0.230 e. The average Bonchev–Trinajstić information content (AvgIpc) is 2.89. The van der Waals surface area contributed by atoms with Gasteiger partial charge in [0.2, 0.25) is 23.0 Å². The lowest BCUT2D eigenvalue weighted by Crippen LogP contribution is -2.06. The number of nitrogens with zero attached hydrogens (tertiary/aromatic N) is 1. The summed E-state index contributed by atoms with van der Waals surface area (Å²) in [6.07, 6.45) is 6.64. The van der Waals surface area contributed by atoms with E-state index in [1.54, 1.807) is 0 Å². The third kappa shape index (κ3) is 3.48. The third-order valence-corrected chi connectivity index (χ3v) is 4.20. The van der Waals surface area contributed by atoms with Crippen molar-refractivity contribution in [3.05, 3.63) is 65.2 Å². The van der Waals surface area contributed by atoms with Gasteiger partial charge in [0.25, 0.3) is 0 Å². The van der Waals surface area contributed by atoms with Crippen LogP contribution >= 0.6 is 23.0 Å². The normalized spacial score (nSPS) is 14.3. The number of fused-ring (bicyclic) bond motifs is 3. The van der Waals surface area contributed by atoms with Gasteiger partial charge in [0.1, 0.15) is 5.71 Å². The number of hydrogen-bond acceptors (Lipinski definition) is 3. The lowest BCUT2D eigenvalue weighted by Gasteiger charge is -2.02. The van der Waals surface area contributed by atoms with Gasteiger partial charge in [-0.15, -0.1) is 0 Å². The Kier molecular flexibility index (Phi) is 5.46. The summed E-state index contributed by atoms with van der Waals surface area (Å²) in [6.45, 7) is 1.05. The number of unbranched alkanes of at least 4 members (excludes halogenated alkanes) is 1. The van der Waals surface area contributed by atoms with Crippen molar-refractivity contribution in [2.45, 2.75) is 12.8 Å². The largest absolute Gasteiger partial charge is 0.327 e. The van der Waals surface area contributed by atoms with Gasteiger partial charge in [-0.3, -0.25) is 0 Å². The van der Waals surface area contributed by atoms with Crippen molar-refractivity contribution >= 4 is 34.8 Å². The molecule has 4 heteroatoms. The highest BCUT2D eigenvalue weighted by Crippen LogP contribution is 2.37. The highest BCUT2D eigenvalue weighted by Gasteiger charge is 2.25. The number of allylic oxidation sites excluding steroid dienone is 1. The number of oxime groups is 1. The molecule has 0 fully saturated rings. The zero-order valence-corrected chi connectivity index (χ0v) is 15.2. The van der Waals surface area contributed by atoms with Gasteiger partial charge in [-0.1, -0.05) is 53.7 Å². The Morgan fingerprint density at radius 3 is 2.65 bits per heavy atom. The SMILES string of the molecule is CNCCC/C=C/c1ccc2c(c1)/C(=N/OI)c1ccccc1-2. The van der Waals surface area contributed by atoms with Gasteiger partial charge in [0.05, 0.1) is 0 Å². The van der Waals surface area contributed by atoms with Crippen LogP contribution in [-0.2, 0) is 3.17 Å². The minimum atomic E-state index is 0.912. The Morgan fingerprint density at radius 2 is 1.87 bits per heavy atom. The fraction of sp³-hybridized carbons (Fsp3) is 0.211. The first-order valence-electron chi connectivity index (χ1n) is 7.76. The van der Waals surface area contributed by atoms with Crippen LogP contribution in [0.1, 0.15) is 29.5 Å². The maximum atomic E-state index is 5.04. The van der Waals surface area contributed by atoms with Gasteiger partial charge in [-0.05, 0) is 49.2 Å². The van der Waals surface area contributed by atoms with Gasteiger partial charge in [-0.25, -0.2) is 0 Å². The second-order valence-electron chi connectivity index (χ2n) is 5.51. The van der Waals surface area contributed by atoms with Gasteiger partial charge in [-0.2, -0.15) is 0 Å². The molecular weight excluding hydrogens is 399 g/mol. The number of hydrogen-bond donors (Lipinski definition) is 1. The first-order valence-corrected chi connectivity index (χ1v) is 8.64. The van der Waals surface area contributed by atoms with Crippen molar-refractivity contribution < 1.29 is 3.17 Å². The third-order valence-electron chi connectivity index (χ3n) is 4.00. The fourth-order valence-corrected chi connectivity index (χ4v) is 3.11. The van der Waals surface area contributed by atoms with Crippen LogP contribution in [0.2, 0.25) is 0 Å². The first-order chi connectivity index (χ1) is 11.3. The maximum absolute atomic E-state index is 5.04. The van der Waals surface area contributed by atoms with Crippen LogP contribution in [0.15, 0.2) is 53.7 Å². The van der Waals surface area contributed by atoms with Crippen LogP contribution in [0.5, 0.6) is 0 Å². The van der Waals surface area contributed by atoms with Crippen molar-refractivity contribution in [2.24, 2.45) is 5.16 Å². The van der Waals surface area contributed by atoms with Crippen LogP contribution < -0.4 is 5.32 Å². The molecule has 0 aliphatic heterocycles. The minimum absolute atomic E-state index is 0.912. The summed E-state index contributed by atoms with van der Waals surface area (Å²) in [5.74, 6) is 0. The topological polar surface area (TPSA) is 33.6 Å². The molecule has 0 unspecified atom stereocenters. The smallest absolute Gasteiger partial charge is 0.230 e. The second-order valence-corrected chi connectivity index (χ2v) is 5.90. The van der Waals surface area contributed by atoms with Crippen LogP contribution in [0, 0.1) is 0 Å². The van der Waals surface area contributed by atoms with Crippen molar-refractivity contribution in [3.63, 3.8) is 0 Å². The van der Waals surface area contributed by atoms with Gasteiger partial charge in [0, 0.05) is 11.1 Å². The zero-order valence-electron chi connectivity index (χ0n) is 13.1. The summed E-state index contributed by atoms with van der Waals surface area (Å²) in [7, 11) is 1.98. The molecule has 0 aromatic heterocycles. The van der Waals surface area contributed by atoms with Gasteiger partial charge >= 0.3 is 0 Å². The fourth-order valence-electron chi connectivity index (χ4n) is 2.91. The Morgan fingerprint density at radius 1 is 1.09 bits per heavy atom. The number of nitrogens with one attached hydrogen (secondary N) is 1. The Labute approximate surface area is 151 Å². The van der Waals surface area contributed by atoms with Crippen LogP contribution in [0.3, 0.4) is 0 Å². The molecule has 0 amide bonds. The summed E-state index contributed by atoms with van der Waals surface area (Å²) in [6, 6.07) is 14.9. The summed E-state index contributed by atoms with van der Waals surface area (Å²) in [5, 5.41) is 7.41. The summed E-state index contributed by atoms with van der Waals surface area (Å²) < 4.78 is 5.04. The van der Waals surface area contributed by atoms with E-state index in [1.807, 2.05) is 36.1 Å². The highest BCUT2D eigenvalue weighted by atomic mass is 127. The van der Waals surface area contributed by atoms with E-state index < -0.39 is 0 Å². The van der Waals surface area contributed by atoms with Crippen LogP contribution in [0.4, 0.5) is 0 Å². The quantitative estimate of drug-likeness (QED) is 0.355. The monoisotopic (exact) mass is 418 g/mol. The van der Waals surface area contributed by atoms with E-state index in [-0.39, 0.29) is 0 Å². The van der Waals surface area contributed by atoms with Crippen molar-refractivity contribution in [1.29, 1.82) is 0 Å². The molecule has 0 bridgehead atoms. The molecule has 0 spiro atoms. The van der Waals surface area contributed by atoms with Crippen molar-refractivity contribution in [3.8, 4) is 11.1 Å². The van der Waals surface area contributed by atoms with E-state index in [0.717, 1.165) is 36.2 Å². The molecule has 3 nitrogen and oxygen atoms in total. The second kappa shape index (κ2) is 7.75. The van der Waals surface area contributed by atoms with E-state index >= 15 is 0 Å². The van der Waals surface area contributed by atoms with Crippen molar-refractivity contribution in [1.82, 2.24) is 5.32 Å². The molecule has 2 aromatic rings. The standard InChI is InChI=1S/C19H19IN2O/c1-21-12-6-2-3-7-14-10-11-16-15-8-4-5-9-17(15)19(22-23-20)18(16)13-14/h3-5,7-11,13,21H,2,6,12H2,1H3/b7-3+,22-19+. The molecule has 0 radical (unpaired) electrons.